The van der Waals surface area contributed by atoms with Crippen LogP contribution in [0.15, 0.2) is 0 Å². The molecule has 5 nitrogen and oxygen atoms in total. The largest absolute Gasteiger partial charge is 1.00 e. The molecule has 0 aliphatic rings. The molecule has 11 heavy (non-hydrogen) atoms. The zero-order valence-electron chi connectivity index (χ0n) is 7.36. The average Bonchev–Trinajstić information content (AvgIpc) is 1.84. The van der Waals surface area contributed by atoms with Gasteiger partial charge in [-0.1, -0.05) is 0 Å². The summed E-state index contributed by atoms with van der Waals surface area (Å²) in [4.78, 5) is 0. The van der Waals surface area contributed by atoms with Crippen LogP contribution in [0.5, 0.6) is 0 Å². The van der Waals surface area contributed by atoms with E-state index in [0.29, 0.717) is 0 Å². The maximum atomic E-state index is 10.5. The van der Waals surface area contributed by atoms with Gasteiger partial charge < -0.3 is 11.6 Å². The van der Waals surface area contributed by atoms with Crippen LogP contribution in [0.1, 0.15) is 7.85 Å². The Morgan fingerprint density at radius 3 is 2.27 bits per heavy atom. The molecule has 0 aromatic carbocycles. The van der Waals surface area contributed by atoms with Gasteiger partial charge in [-0.2, -0.15) is 8.42 Å². The fourth-order valence-electron chi connectivity index (χ4n) is 0.381. The summed E-state index contributed by atoms with van der Waals surface area (Å²) in [6.45, 7) is -1.04. The van der Waals surface area contributed by atoms with Gasteiger partial charge in [-0.15, -0.1) is 0 Å². The van der Waals surface area contributed by atoms with Gasteiger partial charge in [0, 0.05) is 6.61 Å². The predicted octanol–water partition coefficient (Wildman–Crippen LogP) is -4.22. The van der Waals surface area contributed by atoms with Gasteiger partial charge in [0.05, 0.1) is 5.75 Å². The van der Waals surface area contributed by atoms with E-state index in [0.717, 1.165) is 0 Å². The molecule has 0 aliphatic heterocycles. The van der Waals surface area contributed by atoms with Gasteiger partial charge in [-0.05, 0) is 6.42 Å². The minimum Gasteiger partial charge on any atom is -1.00 e. The maximum Gasteiger partial charge on any atom is 1.00 e. The van der Waals surface area contributed by atoms with E-state index < -0.39 is 16.9 Å². The van der Waals surface area contributed by atoms with Gasteiger partial charge in [-0.3, -0.25) is 0 Å². The maximum absolute atomic E-state index is 10.5. The zero-order valence-corrected chi connectivity index (χ0v) is 9.17. The minimum atomic E-state index is -3.60. The van der Waals surface area contributed by atoms with Gasteiger partial charge in [-0.25, -0.2) is 4.18 Å². The topological polar surface area (TPSA) is 83.8 Å². The molecular formula is C4H11NaO5S. The Morgan fingerprint density at radius 1 is 1.36 bits per heavy atom. The summed E-state index contributed by atoms with van der Waals surface area (Å²) in [6.07, 6.45) is 0.127. The van der Waals surface area contributed by atoms with Crippen molar-refractivity contribution in [2.45, 2.75) is 6.42 Å². The second kappa shape index (κ2) is 7.48. The summed E-state index contributed by atoms with van der Waals surface area (Å²) in [5.74, 6) is -0.260. The Morgan fingerprint density at radius 2 is 1.91 bits per heavy atom. The first-order valence-electron chi connectivity index (χ1n) is 2.71. The summed E-state index contributed by atoms with van der Waals surface area (Å²) in [7, 11) is -3.60. The van der Waals surface area contributed by atoms with Crippen molar-refractivity contribution in [3.63, 3.8) is 0 Å². The van der Waals surface area contributed by atoms with E-state index in [4.69, 9.17) is 10.2 Å². The van der Waals surface area contributed by atoms with Crippen LogP contribution in [-0.4, -0.2) is 37.8 Å². The van der Waals surface area contributed by atoms with Crippen molar-refractivity contribution in [2.24, 2.45) is 0 Å². The monoisotopic (exact) mass is 194 g/mol. The number of hydrogen-bond acceptors (Lipinski definition) is 5. The SMILES string of the molecule is O=S(=O)(CCCO)OCO.[H-].[Na+]. The summed E-state index contributed by atoms with van der Waals surface area (Å²) >= 11 is 0. The van der Waals surface area contributed by atoms with Crippen LogP contribution in [0, 0.1) is 0 Å². The van der Waals surface area contributed by atoms with Crippen molar-refractivity contribution in [1.82, 2.24) is 0 Å². The Labute approximate surface area is 89.3 Å². The molecule has 0 heterocycles. The first-order valence-corrected chi connectivity index (χ1v) is 4.29. The van der Waals surface area contributed by atoms with Crippen molar-refractivity contribution in [3.05, 3.63) is 0 Å². The second-order valence-corrected chi connectivity index (χ2v) is 3.35. The number of rotatable bonds is 5. The zero-order chi connectivity index (χ0) is 8.04. The third-order valence-electron chi connectivity index (χ3n) is 0.785. The molecule has 2 N–H and O–H groups in total. The Hall–Kier alpha value is 0.830. The molecule has 7 heteroatoms. The van der Waals surface area contributed by atoms with Gasteiger partial charge in [0.15, 0.2) is 6.79 Å². The molecule has 0 saturated carbocycles. The van der Waals surface area contributed by atoms with Crippen LogP contribution in [-0.2, 0) is 14.3 Å². The second-order valence-electron chi connectivity index (χ2n) is 1.59. The molecule has 0 bridgehead atoms. The van der Waals surface area contributed by atoms with Crippen LogP contribution in [0.25, 0.3) is 0 Å². The van der Waals surface area contributed by atoms with Gasteiger partial charge >= 0.3 is 29.6 Å². The Bertz CT molecular complexity index is 170. The molecule has 0 aromatic rings. The van der Waals surface area contributed by atoms with Crippen LogP contribution < -0.4 is 29.6 Å². The van der Waals surface area contributed by atoms with Crippen molar-refractivity contribution in [3.8, 4) is 0 Å². The molecule has 0 atom stereocenters. The molecule has 0 fully saturated rings. The van der Waals surface area contributed by atoms with Crippen LogP contribution in [0.3, 0.4) is 0 Å². The smallest absolute Gasteiger partial charge is 1.00 e. The molecule has 0 aliphatic carbocycles. The molecule has 0 amide bonds. The number of aliphatic hydroxyl groups excluding tert-OH is 2. The fourth-order valence-corrected chi connectivity index (χ4v) is 1.14. The van der Waals surface area contributed by atoms with E-state index >= 15 is 0 Å². The molecule has 64 valence electrons. The number of hydrogen-bond donors (Lipinski definition) is 2. The van der Waals surface area contributed by atoms with Crippen molar-refractivity contribution < 1.29 is 53.8 Å². The summed E-state index contributed by atoms with van der Waals surface area (Å²) in [5.41, 5.74) is 0. The third-order valence-corrected chi connectivity index (χ3v) is 2.04. The van der Waals surface area contributed by atoms with E-state index in [9.17, 15) is 8.42 Å². The molecule has 0 rings (SSSR count). The van der Waals surface area contributed by atoms with Gasteiger partial charge in [0.1, 0.15) is 0 Å². The fraction of sp³-hybridized carbons (Fsp3) is 1.00. The Kier molecular flexibility index (Phi) is 9.76. The third kappa shape index (κ3) is 8.74. The minimum absolute atomic E-state index is 0. The van der Waals surface area contributed by atoms with E-state index in [1.807, 2.05) is 0 Å². The van der Waals surface area contributed by atoms with Gasteiger partial charge in [0.25, 0.3) is 10.1 Å². The quantitative estimate of drug-likeness (QED) is 0.263. The van der Waals surface area contributed by atoms with E-state index in [1.165, 1.54) is 0 Å². The van der Waals surface area contributed by atoms with Crippen LogP contribution >= 0.6 is 0 Å². The Balaban J connectivity index is -0.000000405. The molecule has 0 radical (unpaired) electrons. The normalized spacial score (nSPS) is 10.7. The summed E-state index contributed by atoms with van der Waals surface area (Å²) < 4.78 is 24.9. The van der Waals surface area contributed by atoms with Crippen molar-refractivity contribution in [2.75, 3.05) is 19.2 Å². The van der Waals surface area contributed by atoms with Gasteiger partial charge in [0.2, 0.25) is 0 Å². The van der Waals surface area contributed by atoms with Crippen LogP contribution in [0.2, 0.25) is 0 Å². The summed E-state index contributed by atoms with van der Waals surface area (Å²) in [5, 5.41) is 16.3. The predicted molar refractivity (Wildman–Crippen MR) is 34.8 cm³/mol. The molecule has 0 unspecified atom stereocenters. The van der Waals surface area contributed by atoms with E-state index in [2.05, 4.69) is 4.18 Å². The van der Waals surface area contributed by atoms with E-state index in [-0.39, 0.29) is 49.8 Å². The molecule has 0 aromatic heterocycles. The number of aliphatic hydroxyl groups is 2. The average molecular weight is 194 g/mol. The first-order chi connectivity index (χ1) is 4.62. The first kappa shape index (κ1) is 14.4. The van der Waals surface area contributed by atoms with Crippen LogP contribution in [0.4, 0.5) is 0 Å². The van der Waals surface area contributed by atoms with E-state index in [1.54, 1.807) is 0 Å². The van der Waals surface area contributed by atoms with Crippen molar-refractivity contribution in [1.29, 1.82) is 0 Å². The van der Waals surface area contributed by atoms with Crippen molar-refractivity contribution >= 4 is 10.1 Å². The molecule has 0 spiro atoms. The molecular weight excluding hydrogens is 183 g/mol. The standard InChI is InChI=1S/C4H10O5S.Na.H/c5-2-1-3-10(7,8)9-4-6;;/h5-6H,1-4H2;;/q;+1;-1. The molecule has 0 saturated heterocycles. The summed E-state index contributed by atoms with van der Waals surface area (Å²) in [6, 6.07) is 0.